The number of amides is 3. The Morgan fingerprint density at radius 2 is 2.08 bits per heavy atom. The summed E-state index contributed by atoms with van der Waals surface area (Å²) < 4.78 is 10.2. The summed E-state index contributed by atoms with van der Waals surface area (Å²) in [6.07, 6.45) is 4.95. The Bertz CT molecular complexity index is 1180. The van der Waals surface area contributed by atoms with Gasteiger partial charge in [-0.25, -0.2) is 4.98 Å². The number of rotatable bonds is 13. The highest BCUT2D eigenvalue weighted by molar-refractivity contribution is 7.13. The molecule has 0 aromatic carbocycles. The van der Waals surface area contributed by atoms with Gasteiger partial charge in [-0.2, -0.15) is 5.26 Å². The van der Waals surface area contributed by atoms with Gasteiger partial charge in [0.25, 0.3) is 5.91 Å². The van der Waals surface area contributed by atoms with Gasteiger partial charge in [-0.15, -0.1) is 11.3 Å². The number of hydrogen-bond acceptors (Lipinski definition) is 9. The molecule has 0 aliphatic rings. The number of nitrogens with zero attached hydrogens (tertiary/aromatic N) is 5. The van der Waals surface area contributed by atoms with Gasteiger partial charge in [-0.05, 0) is 23.8 Å². The van der Waals surface area contributed by atoms with Crippen LogP contribution in [-0.2, 0) is 27.3 Å². The summed E-state index contributed by atoms with van der Waals surface area (Å²) in [5.74, 6) is -0.928. The van der Waals surface area contributed by atoms with Crippen molar-refractivity contribution in [3.05, 3.63) is 65.3 Å². The highest BCUT2D eigenvalue weighted by Gasteiger charge is 2.22. The van der Waals surface area contributed by atoms with E-state index in [1.54, 1.807) is 34.8 Å². The Morgan fingerprint density at radius 1 is 1.22 bits per heavy atom. The third-order valence-corrected chi connectivity index (χ3v) is 5.80. The molecular weight excluding hydrogens is 484 g/mol. The van der Waals surface area contributed by atoms with Crippen LogP contribution in [-0.4, -0.2) is 70.8 Å². The minimum atomic E-state index is -0.439. The topological polar surface area (TPSA) is 142 Å². The Kier molecular flexibility index (Phi) is 10.1. The normalized spacial score (nSPS) is 10.4. The number of nitrogens with one attached hydrogen (secondary N) is 1. The van der Waals surface area contributed by atoms with Crippen LogP contribution >= 0.6 is 11.3 Å². The molecule has 3 rings (SSSR count). The minimum absolute atomic E-state index is 0.0228. The molecule has 1 N–H and O–H groups in total. The number of carbonyl (C=O) groups is 3. The van der Waals surface area contributed by atoms with Crippen molar-refractivity contribution in [1.29, 1.82) is 5.26 Å². The first-order chi connectivity index (χ1) is 17.5. The molecule has 0 atom stereocenters. The summed E-state index contributed by atoms with van der Waals surface area (Å²) in [6.45, 7) is 0.868. The highest BCUT2D eigenvalue weighted by Crippen LogP contribution is 2.17. The maximum atomic E-state index is 12.9. The third-order valence-electron chi connectivity index (χ3n) is 4.99. The van der Waals surface area contributed by atoms with E-state index in [-0.39, 0.29) is 44.2 Å². The van der Waals surface area contributed by atoms with Gasteiger partial charge in [-0.1, -0.05) is 6.07 Å². The van der Waals surface area contributed by atoms with E-state index in [0.717, 1.165) is 5.56 Å². The van der Waals surface area contributed by atoms with Crippen molar-refractivity contribution in [2.45, 2.75) is 19.4 Å². The first kappa shape index (κ1) is 26.5. The van der Waals surface area contributed by atoms with Gasteiger partial charge in [0, 0.05) is 44.5 Å². The van der Waals surface area contributed by atoms with Gasteiger partial charge < -0.3 is 24.3 Å². The summed E-state index contributed by atoms with van der Waals surface area (Å²) in [4.78, 5) is 49.4. The molecular formula is C24H26N6O5S. The number of ether oxygens (including phenoxy) is 1. The van der Waals surface area contributed by atoms with E-state index in [9.17, 15) is 14.4 Å². The van der Waals surface area contributed by atoms with Crippen LogP contribution in [0.5, 0.6) is 0 Å². The van der Waals surface area contributed by atoms with Crippen LogP contribution in [0.1, 0.15) is 28.2 Å². The molecule has 0 unspecified atom stereocenters. The largest absolute Gasteiger partial charge is 0.459 e. The lowest BCUT2D eigenvalue weighted by atomic mass is 10.2. The molecule has 0 spiro atoms. The molecule has 3 aromatic rings. The molecule has 0 fully saturated rings. The fourth-order valence-electron chi connectivity index (χ4n) is 3.24. The predicted octanol–water partition coefficient (Wildman–Crippen LogP) is 2.34. The molecule has 36 heavy (non-hydrogen) atoms. The fraction of sp³-hybridized carbons (Fsp3) is 0.333. The van der Waals surface area contributed by atoms with Crippen LogP contribution in [0.15, 0.2) is 52.7 Å². The van der Waals surface area contributed by atoms with E-state index in [2.05, 4.69) is 21.4 Å². The second-order valence-corrected chi connectivity index (χ2v) is 8.51. The lowest BCUT2D eigenvalue weighted by Crippen LogP contribution is -2.39. The zero-order valence-electron chi connectivity index (χ0n) is 19.8. The van der Waals surface area contributed by atoms with Crippen molar-refractivity contribution in [3.63, 3.8) is 0 Å². The van der Waals surface area contributed by atoms with Gasteiger partial charge >= 0.3 is 0 Å². The quantitative estimate of drug-likeness (QED) is 0.369. The average Bonchev–Trinajstić information content (AvgIpc) is 3.57. The van der Waals surface area contributed by atoms with Gasteiger partial charge in [0.1, 0.15) is 6.54 Å². The molecule has 0 aliphatic carbocycles. The molecule has 0 saturated heterocycles. The Hall–Kier alpha value is -4.08. The highest BCUT2D eigenvalue weighted by atomic mass is 32.1. The van der Waals surface area contributed by atoms with E-state index >= 15 is 0 Å². The lowest BCUT2D eigenvalue weighted by molar-refractivity contribution is -0.131. The number of furan rings is 1. The zero-order valence-corrected chi connectivity index (χ0v) is 20.6. The molecule has 188 valence electrons. The van der Waals surface area contributed by atoms with Crippen molar-refractivity contribution >= 4 is 34.2 Å². The van der Waals surface area contributed by atoms with Crippen molar-refractivity contribution < 1.29 is 23.5 Å². The van der Waals surface area contributed by atoms with Crippen LogP contribution in [0.2, 0.25) is 0 Å². The van der Waals surface area contributed by atoms with Crippen LogP contribution in [0.3, 0.4) is 0 Å². The van der Waals surface area contributed by atoms with Crippen LogP contribution < -0.4 is 5.32 Å². The number of anilines is 1. The lowest BCUT2D eigenvalue weighted by Gasteiger charge is -2.21. The van der Waals surface area contributed by atoms with Crippen molar-refractivity contribution in [3.8, 4) is 6.07 Å². The zero-order chi connectivity index (χ0) is 25.8. The number of hydrogen-bond donors (Lipinski definition) is 1. The first-order valence-corrected chi connectivity index (χ1v) is 12.0. The molecule has 12 heteroatoms. The first-order valence-electron chi connectivity index (χ1n) is 11.1. The maximum absolute atomic E-state index is 12.9. The smallest absolute Gasteiger partial charge is 0.290 e. The van der Waals surface area contributed by atoms with E-state index in [1.165, 1.54) is 35.7 Å². The summed E-state index contributed by atoms with van der Waals surface area (Å²) in [5, 5.41) is 13.6. The Balaban J connectivity index is 1.58. The molecule has 0 aliphatic heterocycles. The average molecular weight is 511 g/mol. The van der Waals surface area contributed by atoms with Crippen molar-refractivity contribution in [2.75, 3.05) is 38.7 Å². The standard InChI is InChI=1S/C24H26N6O5S/c1-34-12-10-30(23(33)20-6-3-11-35-20)16-21(31)28-24-27-19(17-36-24)13-22(32)29(9-4-7-25)15-18-5-2-8-26-14-18/h2-3,5-6,8,11,14,17H,4,9-10,12-13,15-16H2,1H3,(H,27,28,31). The SMILES string of the molecule is COCCN(CC(=O)Nc1nc(CC(=O)N(CCC#N)Cc2cccnc2)cs1)C(=O)c1ccco1. The number of carbonyl (C=O) groups excluding carboxylic acids is 3. The molecule has 3 amide bonds. The summed E-state index contributed by atoms with van der Waals surface area (Å²) in [7, 11) is 1.51. The number of aromatic nitrogens is 2. The van der Waals surface area contributed by atoms with Crippen molar-refractivity contribution in [1.82, 2.24) is 19.8 Å². The van der Waals surface area contributed by atoms with E-state index in [0.29, 0.717) is 23.9 Å². The summed E-state index contributed by atoms with van der Waals surface area (Å²) in [5.41, 5.74) is 1.36. The Morgan fingerprint density at radius 3 is 2.78 bits per heavy atom. The van der Waals surface area contributed by atoms with Crippen LogP contribution in [0.25, 0.3) is 0 Å². The fourth-order valence-corrected chi connectivity index (χ4v) is 3.97. The summed E-state index contributed by atoms with van der Waals surface area (Å²) >= 11 is 1.18. The maximum Gasteiger partial charge on any atom is 0.290 e. The Labute approximate surface area is 212 Å². The summed E-state index contributed by atoms with van der Waals surface area (Å²) in [6, 6.07) is 8.83. The molecule has 3 aromatic heterocycles. The molecule has 3 heterocycles. The van der Waals surface area contributed by atoms with Gasteiger partial charge in [0.2, 0.25) is 11.8 Å². The monoisotopic (exact) mass is 510 g/mol. The van der Waals surface area contributed by atoms with Crippen LogP contribution in [0, 0.1) is 11.3 Å². The van der Waals surface area contributed by atoms with Gasteiger partial charge in [0.05, 0.1) is 37.5 Å². The number of nitriles is 1. The van der Waals surface area contributed by atoms with E-state index in [4.69, 9.17) is 14.4 Å². The second-order valence-electron chi connectivity index (χ2n) is 7.65. The number of methoxy groups -OCH3 is 1. The molecule has 0 bridgehead atoms. The number of thiazole rings is 1. The number of pyridine rings is 1. The minimum Gasteiger partial charge on any atom is -0.459 e. The van der Waals surface area contributed by atoms with E-state index in [1.807, 2.05) is 6.07 Å². The van der Waals surface area contributed by atoms with Crippen LogP contribution in [0.4, 0.5) is 5.13 Å². The van der Waals surface area contributed by atoms with Gasteiger partial charge in [0.15, 0.2) is 10.9 Å². The van der Waals surface area contributed by atoms with Crippen molar-refractivity contribution in [2.24, 2.45) is 0 Å². The second kappa shape index (κ2) is 13.7. The predicted molar refractivity (Wildman–Crippen MR) is 131 cm³/mol. The van der Waals surface area contributed by atoms with Gasteiger partial charge in [-0.3, -0.25) is 19.4 Å². The van der Waals surface area contributed by atoms with E-state index < -0.39 is 11.8 Å². The molecule has 11 nitrogen and oxygen atoms in total. The third kappa shape index (κ3) is 8.00. The molecule has 0 saturated carbocycles. The molecule has 0 radical (unpaired) electrons.